The van der Waals surface area contributed by atoms with Crippen molar-refractivity contribution in [1.29, 1.82) is 5.26 Å². The summed E-state index contributed by atoms with van der Waals surface area (Å²) in [5, 5.41) is 11.9. The fourth-order valence-electron chi connectivity index (χ4n) is 7.61. The van der Waals surface area contributed by atoms with Crippen LogP contribution in [0, 0.1) is 11.3 Å². The van der Waals surface area contributed by atoms with Gasteiger partial charge < -0.3 is 4.42 Å². The second-order valence-electron chi connectivity index (χ2n) is 13.9. The van der Waals surface area contributed by atoms with E-state index in [-0.39, 0.29) is 0 Å². The first-order valence-corrected chi connectivity index (χ1v) is 18.8. The van der Waals surface area contributed by atoms with Gasteiger partial charge in [0.1, 0.15) is 11.2 Å². The maximum atomic E-state index is 9.82. The number of nitriles is 1. The van der Waals surface area contributed by atoms with Crippen LogP contribution in [0.25, 0.3) is 101 Å². The Morgan fingerprint density at radius 1 is 0.368 bits per heavy atom. The normalized spacial score (nSPS) is 11.1. The number of hydrogen-bond acceptors (Lipinski definition) is 5. The Kier molecular flexibility index (Phi) is 8.48. The Morgan fingerprint density at radius 2 is 0.877 bits per heavy atom. The number of benzene rings is 8. The monoisotopic (exact) mass is 728 g/mol. The molecule has 0 N–H and O–H groups in total. The molecule has 5 nitrogen and oxygen atoms in total. The van der Waals surface area contributed by atoms with Crippen molar-refractivity contribution in [3.63, 3.8) is 0 Å². The standard InChI is InChI=1S/C52H32N4O/c53-33-42-20-10-11-25-43(42)38-22-13-24-40(31-38)51-54-50(36-18-8-3-9-19-36)55-52(56-51)41-26-27-46-47(32-41)57-49-45(35-16-6-2-7-17-35)29-28-44(48(46)49)39-23-12-21-37(30-39)34-14-4-1-5-15-34/h1-32H. The fraction of sp³-hybridized carbons (Fsp3) is 0. The molecule has 5 heteroatoms. The van der Waals surface area contributed by atoms with Gasteiger partial charge in [0.05, 0.1) is 11.6 Å². The summed E-state index contributed by atoms with van der Waals surface area (Å²) in [6, 6.07) is 68.1. The van der Waals surface area contributed by atoms with Gasteiger partial charge in [-0.25, -0.2) is 15.0 Å². The van der Waals surface area contributed by atoms with Crippen LogP contribution in [0.3, 0.4) is 0 Å². The highest BCUT2D eigenvalue weighted by atomic mass is 16.3. The molecule has 0 fully saturated rings. The minimum absolute atomic E-state index is 0.531. The van der Waals surface area contributed by atoms with Gasteiger partial charge in [-0.1, -0.05) is 158 Å². The molecule has 2 heterocycles. The highest BCUT2D eigenvalue weighted by molar-refractivity contribution is 6.16. The van der Waals surface area contributed by atoms with Gasteiger partial charge in [-0.3, -0.25) is 0 Å². The molecule has 0 unspecified atom stereocenters. The molecule has 57 heavy (non-hydrogen) atoms. The molecule has 0 saturated carbocycles. The number of aromatic nitrogens is 3. The van der Waals surface area contributed by atoms with Crippen LogP contribution in [0.1, 0.15) is 5.56 Å². The first-order chi connectivity index (χ1) is 28.2. The van der Waals surface area contributed by atoms with E-state index in [0.29, 0.717) is 23.0 Å². The molecule has 8 aromatic carbocycles. The van der Waals surface area contributed by atoms with E-state index >= 15 is 0 Å². The van der Waals surface area contributed by atoms with Crippen LogP contribution in [0.2, 0.25) is 0 Å². The zero-order chi connectivity index (χ0) is 38.1. The van der Waals surface area contributed by atoms with Crippen LogP contribution < -0.4 is 0 Å². The zero-order valence-electron chi connectivity index (χ0n) is 30.7. The fourth-order valence-corrected chi connectivity index (χ4v) is 7.61. The highest BCUT2D eigenvalue weighted by Crippen LogP contribution is 2.43. The summed E-state index contributed by atoms with van der Waals surface area (Å²) in [6.45, 7) is 0. The van der Waals surface area contributed by atoms with E-state index in [1.807, 2.05) is 97.1 Å². The molecule has 0 aliphatic rings. The largest absolute Gasteiger partial charge is 0.455 e. The topological polar surface area (TPSA) is 75.6 Å². The predicted octanol–water partition coefficient (Wildman–Crippen LogP) is 13.3. The first kappa shape index (κ1) is 33.6. The number of fused-ring (bicyclic) bond motifs is 3. The lowest BCUT2D eigenvalue weighted by molar-refractivity contribution is 0.670. The number of nitrogens with zero attached hydrogens (tertiary/aromatic N) is 4. The zero-order valence-corrected chi connectivity index (χ0v) is 30.7. The minimum atomic E-state index is 0.531. The summed E-state index contributed by atoms with van der Waals surface area (Å²) in [5.74, 6) is 1.63. The van der Waals surface area contributed by atoms with Gasteiger partial charge in [-0.2, -0.15) is 5.26 Å². The van der Waals surface area contributed by atoms with Gasteiger partial charge in [0.15, 0.2) is 17.5 Å². The molecular formula is C52H32N4O. The van der Waals surface area contributed by atoms with Crippen LogP contribution in [0.15, 0.2) is 199 Å². The van der Waals surface area contributed by atoms with Crippen molar-refractivity contribution in [1.82, 2.24) is 15.0 Å². The molecule has 0 bridgehead atoms. The van der Waals surface area contributed by atoms with Gasteiger partial charge >= 0.3 is 0 Å². The number of furan rings is 1. The van der Waals surface area contributed by atoms with E-state index in [4.69, 9.17) is 19.4 Å². The maximum Gasteiger partial charge on any atom is 0.164 e. The molecule has 0 aliphatic carbocycles. The molecule has 0 aliphatic heterocycles. The third-order valence-electron chi connectivity index (χ3n) is 10.4. The average molecular weight is 729 g/mol. The Hall–Kier alpha value is -7.94. The van der Waals surface area contributed by atoms with Crippen LogP contribution in [-0.4, -0.2) is 15.0 Å². The maximum absolute atomic E-state index is 9.82. The van der Waals surface area contributed by atoms with Crippen molar-refractivity contribution in [2.75, 3.05) is 0 Å². The quantitative estimate of drug-likeness (QED) is 0.163. The molecule has 2 aromatic heterocycles. The van der Waals surface area contributed by atoms with E-state index < -0.39 is 0 Å². The molecule has 0 spiro atoms. The summed E-state index contributed by atoms with van der Waals surface area (Å²) in [6.07, 6.45) is 0. The molecule has 0 saturated heterocycles. The average Bonchev–Trinajstić information content (AvgIpc) is 3.68. The van der Waals surface area contributed by atoms with Crippen LogP contribution in [-0.2, 0) is 0 Å². The van der Waals surface area contributed by atoms with Crippen molar-refractivity contribution < 1.29 is 4.42 Å². The van der Waals surface area contributed by atoms with Gasteiger partial charge in [0.2, 0.25) is 0 Å². The van der Waals surface area contributed by atoms with Crippen LogP contribution in [0.5, 0.6) is 0 Å². The minimum Gasteiger partial charge on any atom is -0.455 e. The number of rotatable bonds is 7. The lowest BCUT2D eigenvalue weighted by Crippen LogP contribution is -2.00. The van der Waals surface area contributed by atoms with E-state index in [1.54, 1.807) is 0 Å². The first-order valence-electron chi connectivity index (χ1n) is 18.8. The van der Waals surface area contributed by atoms with Crippen molar-refractivity contribution in [3.05, 3.63) is 200 Å². The Bertz CT molecular complexity index is 3130. The van der Waals surface area contributed by atoms with Crippen molar-refractivity contribution in [2.24, 2.45) is 0 Å². The van der Waals surface area contributed by atoms with E-state index in [0.717, 1.165) is 77.6 Å². The summed E-state index contributed by atoms with van der Waals surface area (Å²) >= 11 is 0. The molecule has 10 rings (SSSR count). The van der Waals surface area contributed by atoms with Gasteiger partial charge in [-0.05, 0) is 75.3 Å². The molecule has 10 aromatic rings. The predicted molar refractivity (Wildman–Crippen MR) is 230 cm³/mol. The summed E-state index contributed by atoms with van der Waals surface area (Å²) in [4.78, 5) is 15.1. The van der Waals surface area contributed by atoms with Crippen molar-refractivity contribution >= 4 is 21.9 Å². The van der Waals surface area contributed by atoms with Gasteiger partial charge in [0, 0.05) is 33.0 Å². The molecule has 0 atom stereocenters. The van der Waals surface area contributed by atoms with E-state index in [2.05, 4.69) is 103 Å². The second kappa shape index (κ2) is 14.4. The SMILES string of the molecule is N#Cc1ccccc1-c1cccc(-c2nc(-c3ccccc3)nc(-c3ccc4c(c3)oc3c(-c5ccccc5)ccc(-c5cccc(-c6ccccc6)c5)c34)n2)c1. The highest BCUT2D eigenvalue weighted by Gasteiger charge is 2.20. The molecule has 266 valence electrons. The second-order valence-corrected chi connectivity index (χ2v) is 13.9. The van der Waals surface area contributed by atoms with Crippen molar-refractivity contribution in [2.45, 2.75) is 0 Å². The lowest BCUT2D eigenvalue weighted by Gasteiger charge is -2.10. The van der Waals surface area contributed by atoms with Crippen LogP contribution in [0.4, 0.5) is 0 Å². The lowest BCUT2D eigenvalue weighted by atomic mass is 9.93. The third-order valence-corrected chi connectivity index (χ3v) is 10.4. The van der Waals surface area contributed by atoms with Crippen LogP contribution >= 0.6 is 0 Å². The van der Waals surface area contributed by atoms with Crippen molar-refractivity contribution in [3.8, 4) is 84.7 Å². The molecule has 0 radical (unpaired) electrons. The van der Waals surface area contributed by atoms with E-state index in [9.17, 15) is 5.26 Å². The summed E-state index contributed by atoms with van der Waals surface area (Å²) in [7, 11) is 0. The molecular weight excluding hydrogens is 697 g/mol. The van der Waals surface area contributed by atoms with E-state index in [1.165, 1.54) is 5.56 Å². The summed E-state index contributed by atoms with van der Waals surface area (Å²) < 4.78 is 6.90. The third kappa shape index (κ3) is 6.32. The van der Waals surface area contributed by atoms with Gasteiger partial charge in [-0.15, -0.1) is 0 Å². The molecule has 0 amide bonds. The Labute approximate surface area is 329 Å². The van der Waals surface area contributed by atoms with Gasteiger partial charge in [0.25, 0.3) is 0 Å². The smallest absolute Gasteiger partial charge is 0.164 e. The Morgan fingerprint density at radius 3 is 1.58 bits per heavy atom. The Balaban J connectivity index is 1.15. The number of hydrogen-bond donors (Lipinski definition) is 0. The summed E-state index contributed by atoms with van der Waals surface area (Å²) in [5.41, 5.74) is 13.1.